The predicted octanol–water partition coefficient (Wildman–Crippen LogP) is 1.49. The molecule has 1 unspecified atom stereocenters. The fourth-order valence-electron chi connectivity index (χ4n) is 2.35. The number of hydrogen-bond donors (Lipinski definition) is 1. The number of anilines is 1. The van der Waals surface area contributed by atoms with Gasteiger partial charge in [0.05, 0.1) is 17.4 Å². The lowest BCUT2D eigenvalue weighted by Crippen LogP contribution is -2.43. The fraction of sp³-hybridized carbons (Fsp3) is 0.462. The Bertz CT molecular complexity index is 582. The summed E-state index contributed by atoms with van der Waals surface area (Å²) in [5.74, 6) is -1.60. The van der Waals surface area contributed by atoms with Gasteiger partial charge in [0.1, 0.15) is 0 Å². The molecule has 1 aliphatic rings. The van der Waals surface area contributed by atoms with Crippen LogP contribution in [0.1, 0.15) is 18.9 Å². The number of hydrogen-bond acceptors (Lipinski definition) is 3. The molecule has 104 valence electrons. The number of para-hydroxylation sites is 1. The average molecular weight is 283 g/mol. The van der Waals surface area contributed by atoms with E-state index in [9.17, 15) is 13.2 Å². The summed E-state index contributed by atoms with van der Waals surface area (Å²) in [4.78, 5) is 11.2. The van der Waals surface area contributed by atoms with Gasteiger partial charge in [0.25, 0.3) is 0 Å². The molecule has 0 fully saturated rings. The molecule has 1 aromatic carbocycles. The molecule has 19 heavy (non-hydrogen) atoms. The zero-order valence-corrected chi connectivity index (χ0v) is 11.6. The number of benzene rings is 1. The lowest BCUT2D eigenvalue weighted by molar-refractivity contribution is -0.141. The first kappa shape index (κ1) is 13.9. The van der Waals surface area contributed by atoms with E-state index in [2.05, 4.69) is 0 Å². The third kappa shape index (κ3) is 2.73. The van der Waals surface area contributed by atoms with Crippen molar-refractivity contribution in [3.63, 3.8) is 0 Å². The highest BCUT2D eigenvalue weighted by Crippen LogP contribution is 2.32. The molecule has 1 aromatic rings. The molecule has 0 radical (unpaired) electrons. The van der Waals surface area contributed by atoms with E-state index in [0.717, 1.165) is 5.56 Å². The number of carboxylic acids is 1. The second-order valence-electron chi connectivity index (χ2n) is 4.72. The van der Waals surface area contributed by atoms with Gasteiger partial charge < -0.3 is 5.11 Å². The molecule has 1 aliphatic heterocycles. The van der Waals surface area contributed by atoms with Crippen LogP contribution in [0.4, 0.5) is 5.69 Å². The van der Waals surface area contributed by atoms with Crippen LogP contribution in [0.5, 0.6) is 0 Å². The Morgan fingerprint density at radius 3 is 2.74 bits per heavy atom. The van der Waals surface area contributed by atoms with Crippen LogP contribution in [-0.2, 0) is 21.2 Å². The van der Waals surface area contributed by atoms with Crippen molar-refractivity contribution in [3.05, 3.63) is 29.8 Å². The molecule has 2 rings (SSSR count). The molecule has 1 atom stereocenters. The predicted molar refractivity (Wildman–Crippen MR) is 72.7 cm³/mol. The summed E-state index contributed by atoms with van der Waals surface area (Å²) < 4.78 is 25.8. The normalized spacial score (nSPS) is 19.0. The Morgan fingerprint density at radius 2 is 2.11 bits per heavy atom. The molecule has 6 heteroatoms. The summed E-state index contributed by atoms with van der Waals surface area (Å²) in [6, 6.07) is 7.10. The molecule has 1 N–H and O–H groups in total. The van der Waals surface area contributed by atoms with Gasteiger partial charge in [0, 0.05) is 6.54 Å². The summed E-state index contributed by atoms with van der Waals surface area (Å²) in [6.07, 6.45) is 0.891. The molecular weight excluding hydrogens is 266 g/mol. The molecule has 0 bridgehead atoms. The second-order valence-corrected chi connectivity index (χ2v) is 6.73. The van der Waals surface area contributed by atoms with E-state index < -0.39 is 21.9 Å². The quantitative estimate of drug-likeness (QED) is 0.908. The minimum atomic E-state index is -3.44. The number of nitrogens with zero attached hydrogens (tertiary/aromatic N) is 1. The van der Waals surface area contributed by atoms with Crippen molar-refractivity contribution in [2.24, 2.45) is 5.92 Å². The maximum Gasteiger partial charge on any atom is 0.308 e. The number of rotatable bonds is 4. The molecule has 0 aliphatic carbocycles. The van der Waals surface area contributed by atoms with Crippen molar-refractivity contribution in [1.29, 1.82) is 0 Å². The minimum absolute atomic E-state index is 0.0225. The zero-order valence-electron chi connectivity index (χ0n) is 10.7. The Hall–Kier alpha value is -1.56. The first-order valence-corrected chi connectivity index (χ1v) is 7.87. The summed E-state index contributed by atoms with van der Waals surface area (Å²) in [5.41, 5.74) is 1.40. The highest BCUT2D eigenvalue weighted by atomic mass is 32.2. The summed E-state index contributed by atoms with van der Waals surface area (Å²) >= 11 is 0. The second kappa shape index (κ2) is 5.21. The van der Waals surface area contributed by atoms with Gasteiger partial charge in [-0.2, -0.15) is 0 Å². The van der Waals surface area contributed by atoms with E-state index in [1.165, 1.54) is 4.31 Å². The van der Waals surface area contributed by atoms with Crippen molar-refractivity contribution < 1.29 is 18.3 Å². The lowest BCUT2D eigenvalue weighted by Gasteiger charge is -2.33. The number of aliphatic carboxylic acids is 1. The van der Waals surface area contributed by atoms with Crippen LogP contribution in [0, 0.1) is 5.92 Å². The molecule has 0 spiro atoms. The average Bonchev–Trinajstić information content (AvgIpc) is 2.37. The van der Waals surface area contributed by atoms with Crippen LogP contribution >= 0.6 is 0 Å². The van der Waals surface area contributed by atoms with Crippen molar-refractivity contribution in [2.45, 2.75) is 19.8 Å². The number of sulfonamides is 1. The molecule has 1 heterocycles. The van der Waals surface area contributed by atoms with Crippen LogP contribution in [0.25, 0.3) is 0 Å². The van der Waals surface area contributed by atoms with E-state index >= 15 is 0 Å². The van der Waals surface area contributed by atoms with Crippen LogP contribution in [-0.4, -0.2) is 31.8 Å². The monoisotopic (exact) mass is 283 g/mol. The van der Waals surface area contributed by atoms with Crippen molar-refractivity contribution in [1.82, 2.24) is 0 Å². The first-order valence-electron chi connectivity index (χ1n) is 6.27. The maximum absolute atomic E-state index is 12.2. The Balaban J connectivity index is 2.45. The van der Waals surface area contributed by atoms with E-state index in [-0.39, 0.29) is 12.3 Å². The summed E-state index contributed by atoms with van der Waals surface area (Å²) in [7, 11) is -3.44. The largest absolute Gasteiger partial charge is 0.481 e. The molecule has 0 saturated carbocycles. The van der Waals surface area contributed by atoms with Gasteiger partial charge in [-0.25, -0.2) is 8.42 Å². The van der Waals surface area contributed by atoms with Gasteiger partial charge in [-0.1, -0.05) is 25.1 Å². The number of carboxylic acid groups (broad SMARTS) is 1. The smallest absolute Gasteiger partial charge is 0.308 e. The molecule has 5 nitrogen and oxygen atoms in total. The van der Waals surface area contributed by atoms with Crippen LogP contribution in [0.2, 0.25) is 0 Å². The van der Waals surface area contributed by atoms with Gasteiger partial charge in [0.2, 0.25) is 10.0 Å². The first-order chi connectivity index (χ1) is 8.95. The maximum atomic E-state index is 12.2. The van der Waals surface area contributed by atoms with Crippen molar-refractivity contribution in [2.75, 3.05) is 16.6 Å². The van der Waals surface area contributed by atoms with Crippen LogP contribution < -0.4 is 4.31 Å². The van der Waals surface area contributed by atoms with Gasteiger partial charge in [-0.05, 0) is 24.5 Å². The Kier molecular flexibility index (Phi) is 3.80. The minimum Gasteiger partial charge on any atom is -0.481 e. The molecule has 0 amide bonds. The standard InChI is InChI=1S/C13H17NO4S/c1-2-7-19(17,18)14-9-11(13(15)16)8-10-5-3-4-6-12(10)14/h3-6,11H,2,7-9H2,1H3,(H,15,16). The third-order valence-electron chi connectivity index (χ3n) is 3.26. The number of carbonyl (C=O) groups is 1. The van der Waals surface area contributed by atoms with E-state index in [1.54, 1.807) is 31.2 Å². The van der Waals surface area contributed by atoms with E-state index in [1.807, 2.05) is 0 Å². The van der Waals surface area contributed by atoms with E-state index in [0.29, 0.717) is 18.5 Å². The van der Waals surface area contributed by atoms with Crippen LogP contribution in [0.15, 0.2) is 24.3 Å². The molecule has 0 aromatic heterocycles. The highest BCUT2D eigenvalue weighted by Gasteiger charge is 2.34. The summed E-state index contributed by atoms with van der Waals surface area (Å²) in [6.45, 7) is 1.82. The van der Waals surface area contributed by atoms with Gasteiger partial charge in [0.15, 0.2) is 0 Å². The fourth-order valence-corrected chi connectivity index (χ4v) is 3.97. The van der Waals surface area contributed by atoms with Gasteiger partial charge in [-0.3, -0.25) is 9.10 Å². The number of fused-ring (bicyclic) bond motifs is 1. The van der Waals surface area contributed by atoms with Gasteiger partial charge >= 0.3 is 5.97 Å². The SMILES string of the molecule is CCCS(=O)(=O)N1CC(C(=O)O)Cc2ccccc21. The van der Waals surface area contributed by atoms with Crippen molar-refractivity contribution >= 4 is 21.7 Å². The zero-order chi connectivity index (χ0) is 14.0. The topological polar surface area (TPSA) is 74.7 Å². The van der Waals surface area contributed by atoms with Crippen LogP contribution in [0.3, 0.4) is 0 Å². The highest BCUT2D eigenvalue weighted by molar-refractivity contribution is 7.92. The molecule has 0 saturated heterocycles. The lowest BCUT2D eigenvalue weighted by atomic mass is 9.94. The van der Waals surface area contributed by atoms with Crippen molar-refractivity contribution in [3.8, 4) is 0 Å². The molecular formula is C13H17NO4S. The summed E-state index contributed by atoms with van der Waals surface area (Å²) in [5, 5.41) is 9.16. The Morgan fingerprint density at radius 1 is 1.42 bits per heavy atom. The van der Waals surface area contributed by atoms with E-state index in [4.69, 9.17) is 5.11 Å². The third-order valence-corrected chi connectivity index (χ3v) is 5.20. The van der Waals surface area contributed by atoms with Gasteiger partial charge in [-0.15, -0.1) is 0 Å². The Labute approximate surface area is 112 Å².